The second kappa shape index (κ2) is 9.67. The number of piperazine rings is 1. The number of methoxy groups -OCH3 is 1. The molecule has 2 aromatic rings. The van der Waals surface area contributed by atoms with Crippen molar-refractivity contribution in [3.8, 4) is 5.75 Å². The Bertz CT molecular complexity index is 836. The number of benzene rings is 1. The fourth-order valence-corrected chi connectivity index (χ4v) is 4.14. The Balaban J connectivity index is 1.63. The van der Waals surface area contributed by atoms with Crippen LogP contribution in [0.15, 0.2) is 29.3 Å². The highest BCUT2D eigenvalue weighted by Gasteiger charge is 2.22. The quantitative estimate of drug-likeness (QED) is 0.598. The Morgan fingerprint density at radius 3 is 2.48 bits per heavy atom. The summed E-state index contributed by atoms with van der Waals surface area (Å²) in [5.41, 5.74) is 4.94. The average molecular weight is 399 g/mol. The van der Waals surface area contributed by atoms with Gasteiger partial charge in [0.15, 0.2) is 5.96 Å². The largest absolute Gasteiger partial charge is 0.495 e. The van der Waals surface area contributed by atoms with Crippen molar-refractivity contribution in [2.45, 2.75) is 33.2 Å². The normalized spacial score (nSPS) is 15.0. The fraction of sp³-hybridized carbons (Fsp3) is 0.545. The van der Waals surface area contributed by atoms with E-state index >= 15 is 0 Å². The van der Waals surface area contributed by atoms with E-state index in [1.54, 1.807) is 7.11 Å². The summed E-state index contributed by atoms with van der Waals surface area (Å²) in [5.74, 6) is 1.89. The van der Waals surface area contributed by atoms with E-state index in [0.29, 0.717) is 0 Å². The lowest BCUT2D eigenvalue weighted by atomic mass is 10.1. The minimum atomic E-state index is 0.763. The van der Waals surface area contributed by atoms with Crippen molar-refractivity contribution in [1.82, 2.24) is 20.0 Å². The molecule has 1 saturated heterocycles. The van der Waals surface area contributed by atoms with E-state index in [-0.39, 0.29) is 0 Å². The zero-order valence-electron chi connectivity index (χ0n) is 18.4. The monoisotopic (exact) mass is 398 g/mol. The third kappa shape index (κ3) is 4.49. The number of ether oxygens (including phenoxy) is 1. The van der Waals surface area contributed by atoms with Crippen LogP contribution in [-0.2, 0) is 26.4 Å². The average Bonchev–Trinajstić information content (AvgIpc) is 3.09. The van der Waals surface area contributed by atoms with Gasteiger partial charge >= 0.3 is 0 Å². The lowest BCUT2D eigenvalue weighted by molar-refractivity contribution is 0.367. The lowest BCUT2D eigenvalue weighted by Crippen LogP contribution is -2.52. The van der Waals surface area contributed by atoms with Crippen molar-refractivity contribution in [3.63, 3.8) is 0 Å². The van der Waals surface area contributed by atoms with E-state index < -0.39 is 0 Å². The van der Waals surface area contributed by atoms with E-state index in [4.69, 9.17) is 4.74 Å². The van der Waals surface area contributed by atoms with Crippen molar-refractivity contribution in [3.05, 3.63) is 41.2 Å². The maximum atomic E-state index is 5.53. The number of aryl methyl sites for hydroxylation is 2. The van der Waals surface area contributed by atoms with Gasteiger partial charge in [-0.15, -0.1) is 0 Å². The molecule has 7 nitrogen and oxygen atoms in total. The third-order valence-corrected chi connectivity index (χ3v) is 5.67. The molecular weight excluding hydrogens is 364 g/mol. The van der Waals surface area contributed by atoms with Crippen LogP contribution in [0.5, 0.6) is 5.75 Å². The summed E-state index contributed by atoms with van der Waals surface area (Å²) in [6, 6.07) is 8.22. The molecule has 3 rings (SSSR count). The zero-order valence-corrected chi connectivity index (χ0v) is 18.4. The lowest BCUT2D eigenvalue weighted by Gasteiger charge is -2.38. The Morgan fingerprint density at radius 1 is 1.14 bits per heavy atom. The number of para-hydroxylation sites is 2. The third-order valence-electron chi connectivity index (χ3n) is 5.67. The minimum absolute atomic E-state index is 0.763. The van der Waals surface area contributed by atoms with Gasteiger partial charge in [-0.25, -0.2) is 0 Å². The Morgan fingerprint density at radius 2 is 1.86 bits per heavy atom. The number of aliphatic imine (C=N–C) groups is 1. The van der Waals surface area contributed by atoms with E-state index in [2.05, 4.69) is 51.2 Å². The number of anilines is 1. The van der Waals surface area contributed by atoms with Crippen molar-refractivity contribution in [1.29, 1.82) is 0 Å². The molecule has 29 heavy (non-hydrogen) atoms. The summed E-state index contributed by atoms with van der Waals surface area (Å²) >= 11 is 0. The first-order chi connectivity index (χ1) is 14.1. The maximum Gasteiger partial charge on any atom is 0.194 e. The number of hydrogen-bond acceptors (Lipinski definition) is 4. The fourth-order valence-electron chi connectivity index (χ4n) is 4.14. The molecule has 1 N–H and O–H groups in total. The molecule has 0 unspecified atom stereocenters. The summed E-state index contributed by atoms with van der Waals surface area (Å²) in [5, 5.41) is 8.26. The second-order valence-electron chi connectivity index (χ2n) is 7.25. The SMILES string of the molecule is CCc1nn(C)c(CC)c1CNC(=NC)N1CCN(c2ccccc2OC)CC1. The molecule has 158 valence electrons. The summed E-state index contributed by atoms with van der Waals surface area (Å²) < 4.78 is 7.55. The van der Waals surface area contributed by atoms with Crippen molar-refractivity contribution in [2.24, 2.45) is 12.0 Å². The maximum absolute atomic E-state index is 5.53. The molecule has 1 fully saturated rings. The molecule has 0 atom stereocenters. The summed E-state index contributed by atoms with van der Waals surface area (Å²) in [4.78, 5) is 9.25. The summed E-state index contributed by atoms with van der Waals surface area (Å²) in [7, 11) is 5.63. The summed E-state index contributed by atoms with van der Waals surface area (Å²) in [6.45, 7) is 8.84. The van der Waals surface area contributed by atoms with Crippen molar-refractivity contribution >= 4 is 11.6 Å². The van der Waals surface area contributed by atoms with Gasteiger partial charge in [-0.05, 0) is 25.0 Å². The molecule has 1 aliphatic rings. The predicted molar refractivity (Wildman–Crippen MR) is 119 cm³/mol. The van der Waals surface area contributed by atoms with Crippen LogP contribution in [0.25, 0.3) is 0 Å². The topological polar surface area (TPSA) is 57.9 Å². The first-order valence-electron chi connectivity index (χ1n) is 10.5. The number of guanidine groups is 1. The van der Waals surface area contributed by atoms with Gasteiger partial charge in [0, 0.05) is 58.1 Å². The van der Waals surface area contributed by atoms with Gasteiger partial charge in [0.2, 0.25) is 0 Å². The number of aromatic nitrogens is 2. The van der Waals surface area contributed by atoms with Gasteiger partial charge in [-0.3, -0.25) is 9.67 Å². The number of nitrogens with one attached hydrogen (secondary N) is 1. The van der Waals surface area contributed by atoms with Crippen LogP contribution in [0.1, 0.15) is 30.8 Å². The van der Waals surface area contributed by atoms with Crippen LogP contribution in [0.3, 0.4) is 0 Å². The first kappa shape index (κ1) is 21.0. The Labute approximate surface area is 174 Å². The van der Waals surface area contributed by atoms with Gasteiger partial charge in [0.25, 0.3) is 0 Å². The molecule has 7 heteroatoms. The van der Waals surface area contributed by atoms with Gasteiger partial charge in [0.1, 0.15) is 5.75 Å². The van der Waals surface area contributed by atoms with Crippen LogP contribution in [0, 0.1) is 0 Å². The molecular formula is C22H34N6O. The van der Waals surface area contributed by atoms with Crippen LogP contribution in [-0.4, -0.2) is 61.0 Å². The molecule has 0 spiro atoms. The molecule has 2 heterocycles. The molecule has 1 aromatic heterocycles. The number of rotatable bonds is 6. The number of nitrogens with zero attached hydrogens (tertiary/aromatic N) is 5. The van der Waals surface area contributed by atoms with Gasteiger partial charge in [0.05, 0.1) is 18.5 Å². The highest BCUT2D eigenvalue weighted by molar-refractivity contribution is 5.80. The molecule has 0 saturated carbocycles. The summed E-state index contributed by atoms with van der Waals surface area (Å²) in [6.07, 6.45) is 1.93. The van der Waals surface area contributed by atoms with E-state index in [0.717, 1.165) is 63.0 Å². The highest BCUT2D eigenvalue weighted by Crippen LogP contribution is 2.28. The Hall–Kier alpha value is -2.70. The van der Waals surface area contributed by atoms with Crippen molar-refractivity contribution in [2.75, 3.05) is 45.2 Å². The standard InChI is InChI=1S/C22H34N6O/c1-6-18-17(19(7-2)26(4)25-18)16-24-22(23-3)28-14-12-27(13-15-28)20-10-8-9-11-21(20)29-5/h8-11H,6-7,12-16H2,1-5H3,(H,23,24). The van der Waals surface area contributed by atoms with Crippen LogP contribution in [0.2, 0.25) is 0 Å². The zero-order chi connectivity index (χ0) is 20.8. The van der Waals surface area contributed by atoms with E-state index in [1.807, 2.05) is 30.9 Å². The predicted octanol–water partition coefficient (Wildman–Crippen LogP) is 2.45. The molecule has 0 amide bonds. The molecule has 1 aromatic carbocycles. The molecule has 1 aliphatic heterocycles. The van der Waals surface area contributed by atoms with Crippen LogP contribution >= 0.6 is 0 Å². The molecule has 0 radical (unpaired) electrons. The smallest absolute Gasteiger partial charge is 0.194 e. The van der Waals surface area contributed by atoms with Crippen LogP contribution in [0.4, 0.5) is 5.69 Å². The second-order valence-corrected chi connectivity index (χ2v) is 7.25. The molecule has 0 bridgehead atoms. The Kier molecular flexibility index (Phi) is 7.01. The van der Waals surface area contributed by atoms with Crippen LogP contribution < -0.4 is 15.0 Å². The van der Waals surface area contributed by atoms with Gasteiger partial charge in [-0.2, -0.15) is 5.10 Å². The first-order valence-corrected chi connectivity index (χ1v) is 10.5. The van der Waals surface area contributed by atoms with Gasteiger partial charge < -0.3 is 19.9 Å². The van der Waals surface area contributed by atoms with E-state index in [9.17, 15) is 0 Å². The number of hydrogen-bond donors (Lipinski definition) is 1. The van der Waals surface area contributed by atoms with Crippen molar-refractivity contribution < 1.29 is 4.74 Å². The highest BCUT2D eigenvalue weighted by atomic mass is 16.5. The van der Waals surface area contributed by atoms with E-state index in [1.165, 1.54) is 17.0 Å². The molecule has 0 aliphatic carbocycles. The minimum Gasteiger partial charge on any atom is -0.495 e. The van der Waals surface area contributed by atoms with Gasteiger partial charge in [-0.1, -0.05) is 26.0 Å².